The first-order valence-corrected chi connectivity index (χ1v) is 11.1. The Bertz CT molecular complexity index is 1500. The Hall–Kier alpha value is -4.84. The van der Waals surface area contributed by atoms with Crippen molar-refractivity contribution < 1.29 is 28.2 Å². The van der Waals surface area contributed by atoms with Gasteiger partial charge in [-0.25, -0.2) is 14.4 Å². The molecular weight excluding hydrogens is 483 g/mol. The van der Waals surface area contributed by atoms with Gasteiger partial charge in [0.25, 0.3) is 5.91 Å². The number of primary amides is 2. The topological polar surface area (TPSA) is 164 Å². The number of rotatable bonds is 10. The Morgan fingerprint density at radius 2 is 1.89 bits per heavy atom. The van der Waals surface area contributed by atoms with Crippen molar-refractivity contribution in [3.8, 4) is 11.6 Å². The summed E-state index contributed by atoms with van der Waals surface area (Å²) in [5.74, 6) is -2.62. The minimum atomic E-state index is -0.765. The number of ether oxygens (including phenoxy) is 2. The monoisotopic (exact) mass is 506 g/mol. The van der Waals surface area contributed by atoms with Gasteiger partial charge in [-0.1, -0.05) is 6.07 Å². The second kappa shape index (κ2) is 10.8. The number of halogens is 1. The first-order valence-electron chi connectivity index (χ1n) is 11.1. The van der Waals surface area contributed by atoms with E-state index in [2.05, 4.69) is 15.3 Å². The molecular formula is C25H23FN6O5. The van der Waals surface area contributed by atoms with Gasteiger partial charge in [0.05, 0.1) is 24.1 Å². The summed E-state index contributed by atoms with van der Waals surface area (Å²) in [5.41, 5.74) is 12.5. The molecule has 0 aliphatic rings. The van der Waals surface area contributed by atoms with E-state index in [-0.39, 0.29) is 29.6 Å². The molecule has 0 spiro atoms. The highest BCUT2D eigenvalue weighted by Gasteiger charge is 2.17. The molecule has 0 saturated heterocycles. The Labute approximate surface area is 210 Å². The van der Waals surface area contributed by atoms with Crippen LogP contribution >= 0.6 is 0 Å². The Morgan fingerprint density at radius 1 is 1.08 bits per heavy atom. The Balaban J connectivity index is 1.52. The van der Waals surface area contributed by atoms with Crippen LogP contribution in [0.2, 0.25) is 0 Å². The van der Waals surface area contributed by atoms with Crippen LogP contribution in [0.1, 0.15) is 26.3 Å². The molecule has 2 aromatic heterocycles. The number of anilines is 1. The number of carbonyl (C=O) groups is 3. The molecule has 0 radical (unpaired) electrons. The smallest absolute Gasteiger partial charge is 0.254 e. The summed E-state index contributed by atoms with van der Waals surface area (Å²) in [6, 6.07) is 11.7. The molecule has 190 valence electrons. The van der Waals surface area contributed by atoms with Gasteiger partial charge in [0.1, 0.15) is 5.56 Å². The Kier molecular flexibility index (Phi) is 7.39. The number of methoxy groups -OCH3 is 1. The average molecular weight is 506 g/mol. The quantitative estimate of drug-likeness (QED) is 0.297. The molecule has 12 heteroatoms. The number of nitrogens with one attached hydrogen (secondary N) is 1. The van der Waals surface area contributed by atoms with E-state index in [1.807, 2.05) is 0 Å². The summed E-state index contributed by atoms with van der Waals surface area (Å²) >= 11 is 0. The fraction of sp³-hybridized carbons (Fsp3) is 0.160. The molecule has 2 heterocycles. The number of aromatic nitrogens is 3. The number of fused-ring (bicyclic) bond motifs is 1. The van der Waals surface area contributed by atoms with Crippen molar-refractivity contribution in [3.63, 3.8) is 0 Å². The summed E-state index contributed by atoms with van der Waals surface area (Å²) < 4.78 is 27.0. The normalized spacial score (nSPS) is 10.9. The summed E-state index contributed by atoms with van der Waals surface area (Å²) in [5, 5.41) is 2.73. The molecule has 0 aliphatic carbocycles. The molecule has 0 unspecified atom stereocenters. The minimum Gasteiger partial charge on any atom is -0.435 e. The number of imidazole rings is 1. The van der Waals surface area contributed by atoms with Crippen LogP contribution in [0, 0.1) is 5.82 Å². The molecule has 2 aromatic carbocycles. The fourth-order valence-electron chi connectivity index (χ4n) is 3.64. The summed E-state index contributed by atoms with van der Waals surface area (Å²) in [6.45, 7) is 0.682. The van der Waals surface area contributed by atoms with E-state index in [9.17, 15) is 18.8 Å². The molecule has 0 fully saturated rings. The van der Waals surface area contributed by atoms with Crippen LogP contribution in [0.4, 0.5) is 10.3 Å². The second-order valence-electron chi connectivity index (χ2n) is 7.96. The van der Waals surface area contributed by atoms with E-state index in [4.69, 9.17) is 20.9 Å². The molecule has 5 N–H and O–H groups in total. The van der Waals surface area contributed by atoms with Crippen LogP contribution in [0.3, 0.4) is 0 Å². The van der Waals surface area contributed by atoms with Crippen molar-refractivity contribution in [2.45, 2.75) is 13.0 Å². The molecule has 4 rings (SSSR count). The molecule has 11 nitrogen and oxygen atoms in total. The number of benzene rings is 2. The van der Waals surface area contributed by atoms with Crippen LogP contribution in [-0.2, 0) is 22.5 Å². The third-order valence-electron chi connectivity index (χ3n) is 5.41. The van der Waals surface area contributed by atoms with Crippen LogP contribution in [0.5, 0.6) is 11.6 Å². The van der Waals surface area contributed by atoms with Crippen LogP contribution in [0.25, 0.3) is 11.0 Å². The number of hydrogen-bond donors (Lipinski definition) is 3. The lowest BCUT2D eigenvalue weighted by molar-refractivity contribution is -0.115. The number of carbonyl (C=O) groups excluding carboxylic acids is 3. The standard InChI is InChI=1S/C25H23FN6O5/c1-36-10-9-32-19-13-15(22(27)34)5-6-18(19)30-25(32)31-21(33)12-14-4-7-20(17(26)11-14)37-24-16(23(28)35)3-2-8-29-24/h2-8,11,13H,9-10,12H2,1H3,(H2,27,34)(H2,28,35)(H,30,31,33). The molecule has 3 amide bonds. The maximum Gasteiger partial charge on any atom is 0.254 e. The lowest BCUT2D eigenvalue weighted by Crippen LogP contribution is -2.19. The van der Waals surface area contributed by atoms with Crippen molar-refractivity contribution in [2.24, 2.45) is 11.5 Å². The number of pyridine rings is 1. The zero-order chi connectivity index (χ0) is 26.5. The van der Waals surface area contributed by atoms with Gasteiger partial charge in [-0.05, 0) is 48.0 Å². The van der Waals surface area contributed by atoms with Gasteiger partial charge < -0.3 is 25.5 Å². The van der Waals surface area contributed by atoms with Crippen LogP contribution < -0.4 is 21.5 Å². The van der Waals surface area contributed by atoms with E-state index in [1.165, 1.54) is 37.6 Å². The van der Waals surface area contributed by atoms with E-state index in [0.29, 0.717) is 35.3 Å². The van der Waals surface area contributed by atoms with Gasteiger partial charge >= 0.3 is 0 Å². The fourth-order valence-corrected chi connectivity index (χ4v) is 3.64. The Morgan fingerprint density at radius 3 is 2.59 bits per heavy atom. The zero-order valence-corrected chi connectivity index (χ0v) is 19.7. The first-order chi connectivity index (χ1) is 17.8. The zero-order valence-electron chi connectivity index (χ0n) is 19.7. The average Bonchev–Trinajstić information content (AvgIpc) is 3.20. The van der Waals surface area contributed by atoms with Crippen molar-refractivity contribution in [1.29, 1.82) is 0 Å². The van der Waals surface area contributed by atoms with E-state index < -0.39 is 23.5 Å². The first kappa shape index (κ1) is 25.3. The number of nitrogens with two attached hydrogens (primary N) is 2. The lowest BCUT2D eigenvalue weighted by atomic mass is 10.1. The van der Waals surface area contributed by atoms with E-state index in [0.717, 1.165) is 6.07 Å². The summed E-state index contributed by atoms with van der Waals surface area (Å²) in [7, 11) is 1.54. The van der Waals surface area contributed by atoms with Gasteiger partial charge in [0.15, 0.2) is 11.6 Å². The predicted molar refractivity (Wildman–Crippen MR) is 132 cm³/mol. The van der Waals surface area contributed by atoms with Gasteiger partial charge in [0, 0.05) is 25.4 Å². The highest BCUT2D eigenvalue weighted by atomic mass is 19.1. The maximum absolute atomic E-state index is 14.7. The molecule has 4 aromatic rings. The predicted octanol–water partition coefficient (Wildman–Crippen LogP) is 2.39. The van der Waals surface area contributed by atoms with Crippen molar-refractivity contribution in [3.05, 3.63) is 77.2 Å². The van der Waals surface area contributed by atoms with Gasteiger partial charge in [-0.2, -0.15) is 0 Å². The van der Waals surface area contributed by atoms with E-state index >= 15 is 0 Å². The summed E-state index contributed by atoms with van der Waals surface area (Å²) in [4.78, 5) is 44.3. The molecule has 0 atom stereocenters. The highest BCUT2D eigenvalue weighted by Crippen LogP contribution is 2.27. The minimum absolute atomic E-state index is 0.00432. The second-order valence-corrected chi connectivity index (χ2v) is 7.96. The maximum atomic E-state index is 14.7. The van der Waals surface area contributed by atoms with Gasteiger partial charge in [-0.15, -0.1) is 0 Å². The van der Waals surface area contributed by atoms with Gasteiger partial charge in [0.2, 0.25) is 23.6 Å². The third-order valence-corrected chi connectivity index (χ3v) is 5.41. The lowest BCUT2D eigenvalue weighted by Gasteiger charge is -2.11. The molecule has 0 aliphatic heterocycles. The largest absolute Gasteiger partial charge is 0.435 e. The SMILES string of the molecule is COCCn1c(NC(=O)Cc2ccc(Oc3ncccc3C(N)=O)c(F)c2)nc2ccc(C(N)=O)cc21. The van der Waals surface area contributed by atoms with Crippen molar-refractivity contribution >= 4 is 34.7 Å². The third kappa shape index (κ3) is 5.70. The molecule has 0 bridgehead atoms. The van der Waals surface area contributed by atoms with Crippen LogP contribution in [-0.4, -0.2) is 46.0 Å². The van der Waals surface area contributed by atoms with E-state index in [1.54, 1.807) is 22.8 Å². The molecule has 0 saturated carbocycles. The van der Waals surface area contributed by atoms with Gasteiger partial charge in [-0.3, -0.25) is 19.7 Å². The summed E-state index contributed by atoms with van der Waals surface area (Å²) in [6.07, 6.45) is 1.22. The van der Waals surface area contributed by atoms with Crippen molar-refractivity contribution in [1.82, 2.24) is 14.5 Å². The van der Waals surface area contributed by atoms with Crippen LogP contribution in [0.15, 0.2) is 54.7 Å². The highest BCUT2D eigenvalue weighted by molar-refractivity contribution is 5.98. The number of amides is 3. The molecule has 37 heavy (non-hydrogen) atoms. The number of hydrogen-bond acceptors (Lipinski definition) is 7. The number of nitrogens with zero attached hydrogens (tertiary/aromatic N) is 3. The van der Waals surface area contributed by atoms with Crippen molar-refractivity contribution in [2.75, 3.05) is 19.0 Å².